The summed E-state index contributed by atoms with van der Waals surface area (Å²) in [6.07, 6.45) is -1.32. The number of hydrogen-bond donors (Lipinski definition) is 1. The summed E-state index contributed by atoms with van der Waals surface area (Å²) in [4.78, 5) is 10.4. The Labute approximate surface area is 95.1 Å². The van der Waals surface area contributed by atoms with Gasteiger partial charge < -0.3 is 9.84 Å². The zero-order valence-electron chi connectivity index (χ0n) is 9.57. The fourth-order valence-corrected chi connectivity index (χ4v) is 1.10. The van der Waals surface area contributed by atoms with E-state index in [0.717, 1.165) is 11.1 Å². The topological polar surface area (TPSA) is 46.5 Å². The van der Waals surface area contributed by atoms with Gasteiger partial charge in [-0.15, -0.1) is 0 Å². The molecule has 0 radical (unpaired) electrons. The molecule has 0 saturated carbocycles. The molecule has 0 aromatic heterocycles. The molecule has 0 aliphatic heterocycles. The number of carboxylic acid groups (broad SMARTS) is 1. The van der Waals surface area contributed by atoms with E-state index in [2.05, 4.69) is 16.6 Å². The molecule has 0 spiro atoms. The molecule has 0 saturated heterocycles. The minimum atomic E-state index is -1.32. The predicted octanol–water partition coefficient (Wildman–Crippen LogP) is 2.82. The molecule has 0 fully saturated rings. The molecule has 1 aromatic carbocycles. The van der Waals surface area contributed by atoms with Crippen LogP contribution in [0.4, 0.5) is 4.79 Å². The van der Waals surface area contributed by atoms with Crippen molar-refractivity contribution < 1.29 is 14.6 Å². The van der Waals surface area contributed by atoms with Gasteiger partial charge >= 0.3 is 6.16 Å². The van der Waals surface area contributed by atoms with Crippen LogP contribution < -0.4 is 0 Å². The standard InChI is InChI=1S/C13H14O3/c1-10-4-6-11(7-5-10)8-9-13(2,3)16-12(14)15/h4-7H,1-3H3,(H,14,15). The van der Waals surface area contributed by atoms with Crippen LogP contribution in [0, 0.1) is 18.8 Å². The third kappa shape index (κ3) is 4.05. The van der Waals surface area contributed by atoms with Crippen molar-refractivity contribution in [2.75, 3.05) is 0 Å². The Bertz CT molecular complexity index is 432. The van der Waals surface area contributed by atoms with Crippen LogP contribution in [0.1, 0.15) is 25.0 Å². The Morgan fingerprint density at radius 3 is 2.38 bits per heavy atom. The number of hydrogen-bond acceptors (Lipinski definition) is 2. The van der Waals surface area contributed by atoms with Crippen LogP contribution in [0.25, 0.3) is 0 Å². The molecule has 3 nitrogen and oxygen atoms in total. The molecule has 1 rings (SSSR count). The van der Waals surface area contributed by atoms with E-state index >= 15 is 0 Å². The van der Waals surface area contributed by atoms with Crippen LogP contribution >= 0.6 is 0 Å². The number of ether oxygens (including phenoxy) is 1. The van der Waals surface area contributed by atoms with Crippen LogP contribution in [0.2, 0.25) is 0 Å². The summed E-state index contributed by atoms with van der Waals surface area (Å²) >= 11 is 0. The Morgan fingerprint density at radius 1 is 1.31 bits per heavy atom. The lowest BCUT2D eigenvalue weighted by Crippen LogP contribution is -2.25. The number of carbonyl (C=O) groups is 1. The quantitative estimate of drug-likeness (QED) is 0.582. The zero-order valence-corrected chi connectivity index (χ0v) is 9.57. The van der Waals surface area contributed by atoms with Crippen molar-refractivity contribution in [3.63, 3.8) is 0 Å². The molecule has 16 heavy (non-hydrogen) atoms. The van der Waals surface area contributed by atoms with Crippen LogP contribution in [0.5, 0.6) is 0 Å². The van der Waals surface area contributed by atoms with Gasteiger partial charge in [-0.1, -0.05) is 29.5 Å². The normalized spacial score (nSPS) is 10.2. The van der Waals surface area contributed by atoms with E-state index in [4.69, 9.17) is 5.11 Å². The fourth-order valence-electron chi connectivity index (χ4n) is 1.10. The molecule has 1 N–H and O–H groups in total. The highest BCUT2D eigenvalue weighted by molar-refractivity contribution is 5.58. The molecule has 0 bridgehead atoms. The number of benzene rings is 1. The van der Waals surface area contributed by atoms with Crippen LogP contribution in [0.15, 0.2) is 24.3 Å². The van der Waals surface area contributed by atoms with E-state index in [1.807, 2.05) is 31.2 Å². The minimum absolute atomic E-state index is 0.840. The summed E-state index contributed by atoms with van der Waals surface area (Å²) < 4.78 is 4.63. The van der Waals surface area contributed by atoms with Crippen molar-refractivity contribution in [1.29, 1.82) is 0 Å². The largest absolute Gasteiger partial charge is 0.507 e. The van der Waals surface area contributed by atoms with Crippen LogP contribution in [-0.4, -0.2) is 16.9 Å². The van der Waals surface area contributed by atoms with Gasteiger partial charge in [0, 0.05) is 5.56 Å². The lowest BCUT2D eigenvalue weighted by molar-refractivity contribution is 0.0356. The first kappa shape index (κ1) is 12.1. The molecule has 3 heteroatoms. The third-order valence-corrected chi connectivity index (χ3v) is 1.90. The van der Waals surface area contributed by atoms with Crippen LogP contribution in [-0.2, 0) is 4.74 Å². The zero-order chi connectivity index (χ0) is 12.2. The molecule has 0 unspecified atom stereocenters. The Morgan fingerprint density at radius 2 is 1.88 bits per heavy atom. The second-order valence-corrected chi connectivity index (χ2v) is 3.99. The highest BCUT2D eigenvalue weighted by atomic mass is 16.7. The van der Waals surface area contributed by atoms with Gasteiger partial charge in [0.15, 0.2) is 5.60 Å². The number of rotatable bonds is 1. The smallest absolute Gasteiger partial charge is 0.450 e. The second kappa shape index (κ2) is 4.71. The summed E-state index contributed by atoms with van der Waals surface area (Å²) in [5, 5.41) is 8.49. The highest BCUT2D eigenvalue weighted by Crippen LogP contribution is 2.08. The van der Waals surface area contributed by atoms with Gasteiger partial charge in [0.05, 0.1) is 0 Å². The SMILES string of the molecule is Cc1ccc(C#CC(C)(C)OC(=O)O)cc1. The monoisotopic (exact) mass is 218 g/mol. The van der Waals surface area contributed by atoms with Crippen LogP contribution in [0.3, 0.4) is 0 Å². The Hall–Kier alpha value is -1.95. The number of aryl methyl sites for hydroxylation is 1. The molecule has 0 heterocycles. The molecule has 84 valence electrons. The summed E-state index contributed by atoms with van der Waals surface area (Å²) in [7, 11) is 0. The molecule has 0 atom stereocenters. The molecular weight excluding hydrogens is 204 g/mol. The maximum absolute atomic E-state index is 10.4. The third-order valence-electron chi connectivity index (χ3n) is 1.90. The van der Waals surface area contributed by atoms with Gasteiger partial charge in [-0.25, -0.2) is 4.79 Å². The molecule has 0 amide bonds. The van der Waals surface area contributed by atoms with E-state index in [9.17, 15) is 4.79 Å². The van der Waals surface area contributed by atoms with Crippen molar-refractivity contribution >= 4 is 6.16 Å². The molecule has 0 aliphatic carbocycles. The Kier molecular flexibility index (Phi) is 3.57. The van der Waals surface area contributed by atoms with Gasteiger partial charge in [-0.05, 0) is 32.9 Å². The first-order valence-electron chi connectivity index (χ1n) is 4.91. The van der Waals surface area contributed by atoms with Gasteiger partial charge in [0.25, 0.3) is 0 Å². The lowest BCUT2D eigenvalue weighted by Gasteiger charge is -2.15. The maximum atomic E-state index is 10.4. The van der Waals surface area contributed by atoms with Crippen molar-refractivity contribution in [3.8, 4) is 11.8 Å². The van der Waals surface area contributed by atoms with Crippen molar-refractivity contribution in [2.24, 2.45) is 0 Å². The summed E-state index contributed by atoms with van der Waals surface area (Å²) in [5.74, 6) is 5.65. The van der Waals surface area contributed by atoms with E-state index < -0.39 is 11.8 Å². The first-order valence-corrected chi connectivity index (χ1v) is 4.91. The van der Waals surface area contributed by atoms with E-state index in [1.54, 1.807) is 13.8 Å². The second-order valence-electron chi connectivity index (χ2n) is 3.99. The lowest BCUT2D eigenvalue weighted by atomic mass is 10.1. The minimum Gasteiger partial charge on any atom is -0.450 e. The van der Waals surface area contributed by atoms with Gasteiger partial charge in [0.2, 0.25) is 0 Å². The fraction of sp³-hybridized carbons (Fsp3) is 0.308. The van der Waals surface area contributed by atoms with Gasteiger partial charge in [0.1, 0.15) is 0 Å². The van der Waals surface area contributed by atoms with E-state index in [-0.39, 0.29) is 0 Å². The molecule has 0 aliphatic rings. The van der Waals surface area contributed by atoms with Crippen molar-refractivity contribution in [2.45, 2.75) is 26.4 Å². The highest BCUT2D eigenvalue weighted by Gasteiger charge is 2.18. The molecule has 1 aromatic rings. The van der Waals surface area contributed by atoms with Crippen molar-refractivity contribution in [3.05, 3.63) is 35.4 Å². The molecular formula is C13H14O3. The summed E-state index contributed by atoms with van der Waals surface area (Å²) in [6.45, 7) is 5.22. The Balaban J connectivity index is 2.80. The van der Waals surface area contributed by atoms with E-state index in [0.29, 0.717) is 0 Å². The first-order chi connectivity index (χ1) is 7.39. The average molecular weight is 218 g/mol. The summed E-state index contributed by atoms with van der Waals surface area (Å²) in [6, 6.07) is 7.68. The predicted molar refractivity (Wildman–Crippen MR) is 61.2 cm³/mol. The van der Waals surface area contributed by atoms with Gasteiger partial charge in [-0.2, -0.15) is 0 Å². The van der Waals surface area contributed by atoms with E-state index in [1.165, 1.54) is 0 Å². The maximum Gasteiger partial charge on any atom is 0.507 e. The average Bonchev–Trinajstić information content (AvgIpc) is 2.15. The van der Waals surface area contributed by atoms with Gasteiger partial charge in [-0.3, -0.25) is 0 Å². The summed E-state index contributed by atoms with van der Waals surface area (Å²) in [5.41, 5.74) is 1.01. The van der Waals surface area contributed by atoms with Crippen molar-refractivity contribution in [1.82, 2.24) is 0 Å².